The van der Waals surface area contributed by atoms with Crippen LogP contribution in [0.25, 0.3) is 16.7 Å². The molecule has 1 fully saturated rings. The van der Waals surface area contributed by atoms with Crippen LogP contribution in [0.5, 0.6) is 5.75 Å². The lowest BCUT2D eigenvalue weighted by Crippen LogP contribution is -2.31. The Hall–Kier alpha value is -3.88. The number of nitrogens with one attached hydrogen (secondary N) is 1. The highest BCUT2D eigenvalue weighted by Crippen LogP contribution is 2.25. The minimum Gasteiger partial charge on any atom is -0.494 e. The number of hydrogen-bond acceptors (Lipinski definition) is 6. The minimum absolute atomic E-state index is 0.193. The van der Waals surface area contributed by atoms with Crippen molar-refractivity contribution in [2.45, 2.75) is 32.7 Å². The molecular formula is C24H26N6O3. The van der Waals surface area contributed by atoms with Crippen LogP contribution >= 0.6 is 0 Å². The van der Waals surface area contributed by atoms with Crippen molar-refractivity contribution in [2.75, 3.05) is 29.9 Å². The van der Waals surface area contributed by atoms with E-state index < -0.39 is 0 Å². The summed E-state index contributed by atoms with van der Waals surface area (Å²) in [6, 6.07) is 14.6. The summed E-state index contributed by atoms with van der Waals surface area (Å²) < 4.78 is 8.20. The summed E-state index contributed by atoms with van der Waals surface area (Å²) in [4.78, 5) is 33.0. The minimum atomic E-state index is -0.358. The average molecular weight is 447 g/mol. The molecule has 170 valence electrons. The van der Waals surface area contributed by atoms with Gasteiger partial charge in [-0.15, -0.1) is 5.10 Å². The number of carbonyl (C=O) groups is 1. The molecule has 1 saturated heterocycles. The predicted octanol–water partition coefficient (Wildman–Crippen LogP) is 3.07. The Balaban J connectivity index is 1.48. The molecule has 9 nitrogen and oxygen atoms in total. The summed E-state index contributed by atoms with van der Waals surface area (Å²) in [6.45, 7) is 4.05. The first-order chi connectivity index (χ1) is 16.1. The SMILES string of the molecule is CCOc1ccc(NC(=O)Cn2nc3c(N4CCCCC4)nc4ccccc4n3c2=O)cc1. The number of ether oxygens (including phenoxy) is 1. The van der Waals surface area contributed by atoms with Crippen LogP contribution in [-0.4, -0.2) is 44.8 Å². The number of anilines is 2. The lowest BCUT2D eigenvalue weighted by atomic mass is 10.1. The Morgan fingerprint density at radius 3 is 2.58 bits per heavy atom. The molecule has 3 heterocycles. The highest BCUT2D eigenvalue weighted by Gasteiger charge is 2.22. The van der Waals surface area contributed by atoms with E-state index >= 15 is 0 Å². The fourth-order valence-electron chi connectivity index (χ4n) is 4.24. The van der Waals surface area contributed by atoms with Gasteiger partial charge in [-0.2, -0.15) is 0 Å². The third-order valence-corrected chi connectivity index (χ3v) is 5.79. The molecule has 0 spiro atoms. The lowest BCUT2D eigenvalue weighted by Gasteiger charge is -2.27. The van der Waals surface area contributed by atoms with E-state index in [0.29, 0.717) is 29.3 Å². The van der Waals surface area contributed by atoms with Gasteiger partial charge in [0.05, 0.1) is 17.6 Å². The van der Waals surface area contributed by atoms with E-state index in [0.717, 1.165) is 37.2 Å². The number of rotatable bonds is 6. The maximum absolute atomic E-state index is 13.3. The van der Waals surface area contributed by atoms with Crippen LogP contribution in [0.3, 0.4) is 0 Å². The lowest BCUT2D eigenvalue weighted by molar-refractivity contribution is -0.117. The van der Waals surface area contributed by atoms with Gasteiger partial charge in [0.2, 0.25) is 11.6 Å². The van der Waals surface area contributed by atoms with Crippen LogP contribution in [0.15, 0.2) is 53.3 Å². The molecule has 2 aromatic carbocycles. The molecule has 4 aromatic rings. The Kier molecular flexibility index (Phi) is 5.68. The number of piperidine rings is 1. The van der Waals surface area contributed by atoms with Crippen molar-refractivity contribution in [1.29, 1.82) is 0 Å². The van der Waals surface area contributed by atoms with Crippen LogP contribution in [-0.2, 0) is 11.3 Å². The van der Waals surface area contributed by atoms with Crippen molar-refractivity contribution in [3.05, 3.63) is 59.0 Å². The van der Waals surface area contributed by atoms with Gasteiger partial charge >= 0.3 is 5.69 Å². The van der Waals surface area contributed by atoms with Crippen molar-refractivity contribution < 1.29 is 9.53 Å². The second-order valence-electron chi connectivity index (χ2n) is 8.08. The molecule has 33 heavy (non-hydrogen) atoms. The monoisotopic (exact) mass is 446 g/mol. The van der Waals surface area contributed by atoms with Gasteiger partial charge in [-0.05, 0) is 62.6 Å². The molecule has 1 aliphatic heterocycles. The molecule has 0 aliphatic carbocycles. The van der Waals surface area contributed by atoms with Gasteiger partial charge in [-0.25, -0.2) is 18.9 Å². The third kappa shape index (κ3) is 4.13. The Morgan fingerprint density at radius 1 is 1.06 bits per heavy atom. The van der Waals surface area contributed by atoms with Gasteiger partial charge in [-0.1, -0.05) is 12.1 Å². The Labute approximate surface area is 190 Å². The smallest absolute Gasteiger partial charge is 0.351 e. The number of hydrogen-bond donors (Lipinski definition) is 1. The number of para-hydroxylation sites is 2. The Morgan fingerprint density at radius 2 is 1.82 bits per heavy atom. The summed E-state index contributed by atoms with van der Waals surface area (Å²) in [7, 11) is 0. The summed E-state index contributed by atoms with van der Waals surface area (Å²) in [5.74, 6) is 1.09. The quantitative estimate of drug-likeness (QED) is 0.489. The van der Waals surface area contributed by atoms with Crippen LogP contribution in [0, 0.1) is 0 Å². The molecule has 5 rings (SSSR count). The summed E-state index contributed by atoms with van der Waals surface area (Å²) in [6.07, 6.45) is 3.35. The van der Waals surface area contributed by atoms with Gasteiger partial charge in [0.15, 0.2) is 5.82 Å². The molecule has 1 aliphatic rings. The first kappa shape index (κ1) is 21.0. The number of benzene rings is 2. The number of fused-ring (bicyclic) bond motifs is 3. The second kappa shape index (κ2) is 8.93. The normalized spacial score (nSPS) is 14.0. The molecule has 2 aromatic heterocycles. The van der Waals surface area contributed by atoms with Crippen molar-refractivity contribution in [1.82, 2.24) is 19.2 Å². The topological polar surface area (TPSA) is 93.8 Å². The average Bonchev–Trinajstić information content (AvgIpc) is 3.16. The van der Waals surface area contributed by atoms with Crippen LogP contribution in [0.4, 0.5) is 11.5 Å². The van der Waals surface area contributed by atoms with E-state index in [9.17, 15) is 9.59 Å². The predicted molar refractivity (Wildman–Crippen MR) is 127 cm³/mol. The van der Waals surface area contributed by atoms with E-state index in [4.69, 9.17) is 9.72 Å². The number of aromatic nitrogens is 4. The van der Waals surface area contributed by atoms with Crippen LogP contribution in [0.2, 0.25) is 0 Å². The second-order valence-corrected chi connectivity index (χ2v) is 8.08. The first-order valence-electron chi connectivity index (χ1n) is 11.3. The van der Waals surface area contributed by atoms with E-state index in [2.05, 4.69) is 15.3 Å². The molecule has 0 bridgehead atoms. The first-order valence-corrected chi connectivity index (χ1v) is 11.3. The fraction of sp³-hybridized carbons (Fsp3) is 0.333. The van der Waals surface area contributed by atoms with Crippen LogP contribution < -0.4 is 20.6 Å². The van der Waals surface area contributed by atoms with Gasteiger partial charge in [0.25, 0.3) is 0 Å². The zero-order valence-electron chi connectivity index (χ0n) is 18.5. The van der Waals surface area contributed by atoms with Gasteiger partial charge in [-0.3, -0.25) is 4.79 Å². The van der Waals surface area contributed by atoms with Gasteiger partial charge < -0.3 is 15.0 Å². The van der Waals surface area contributed by atoms with Crippen molar-refractivity contribution in [3.63, 3.8) is 0 Å². The van der Waals surface area contributed by atoms with E-state index in [-0.39, 0.29) is 18.1 Å². The molecule has 0 saturated carbocycles. The molecule has 1 N–H and O–H groups in total. The molecule has 0 atom stereocenters. The number of amides is 1. The standard InChI is InChI=1S/C24H26N6O3/c1-2-33-18-12-10-17(11-13-18)25-21(31)16-29-24(32)30-20-9-5-4-8-19(20)26-22(23(30)27-29)28-14-6-3-7-15-28/h4-5,8-13H,2-3,6-7,14-16H2,1H3,(H,25,31). The summed E-state index contributed by atoms with van der Waals surface area (Å²) in [5.41, 5.74) is 2.15. The summed E-state index contributed by atoms with van der Waals surface area (Å²) >= 11 is 0. The van der Waals surface area contributed by atoms with Crippen molar-refractivity contribution in [2.24, 2.45) is 0 Å². The van der Waals surface area contributed by atoms with E-state index in [1.165, 1.54) is 11.1 Å². The fourth-order valence-corrected chi connectivity index (χ4v) is 4.24. The molecule has 9 heteroatoms. The number of nitrogens with zero attached hydrogens (tertiary/aromatic N) is 5. The number of carbonyl (C=O) groups excluding carboxylic acids is 1. The third-order valence-electron chi connectivity index (χ3n) is 5.79. The van der Waals surface area contributed by atoms with E-state index in [1.807, 2.05) is 31.2 Å². The zero-order chi connectivity index (χ0) is 22.8. The molecule has 0 radical (unpaired) electrons. The Bertz CT molecular complexity index is 1350. The van der Waals surface area contributed by atoms with Gasteiger partial charge in [0.1, 0.15) is 12.3 Å². The summed E-state index contributed by atoms with van der Waals surface area (Å²) in [5, 5.41) is 7.36. The van der Waals surface area contributed by atoms with E-state index in [1.54, 1.807) is 28.7 Å². The molecule has 1 amide bonds. The largest absolute Gasteiger partial charge is 0.494 e. The highest BCUT2D eigenvalue weighted by molar-refractivity contribution is 5.90. The molecule has 0 unspecified atom stereocenters. The zero-order valence-corrected chi connectivity index (χ0v) is 18.5. The highest BCUT2D eigenvalue weighted by atomic mass is 16.5. The van der Waals surface area contributed by atoms with Crippen molar-refractivity contribution in [3.8, 4) is 5.75 Å². The maximum Gasteiger partial charge on any atom is 0.351 e. The van der Waals surface area contributed by atoms with Crippen LogP contribution in [0.1, 0.15) is 26.2 Å². The van der Waals surface area contributed by atoms with Gasteiger partial charge in [0, 0.05) is 18.8 Å². The maximum atomic E-state index is 13.3. The molecular weight excluding hydrogens is 420 g/mol. The van der Waals surface area contributed by atoms with Crippen molar-refractivity contribution >= 4 is 34.1 Å².